The van der Waals surface area contributed by atoms with E-state index in [1.165, 1.54) is 18.5 Å². The van der Waals surface area contributed by atoms with Gasteiger partial charge in [0.15, 0.2) is 0 Å². The predicted molar refractivity (Wildman–Crippen MR) is 119 cm³/mol. The molecular formula is C25H35N3O2. The molecule has 0 bridgehead atoms. The standard InChI is InChI=1S/C25H35N3O2/c1-27-15-10-22(20-27)18-24(29)26-19-23-9-11-25(30-23)12-16-28(17-13-25)14-5-8-21-6-3-2-4-7-21/h2-4,6-7,10,15,20,23H,5,8-9,11-14,16-19H2,1H3,(H,26,29). The molecule has 2 aromatic rings. The number of carbonyl (C=O) groups excluding carboxylic acids is 1. The van der Waals surface area contributed by atoms with Gasteiger partial charge in [0.1, 0.15) is 0 Å². The van der Waals surface area contributed by atoms with Gasteiger partial charge in [0, 0.05) is 39.1 Å². The molecule has 1 amide bonds. The number of aryl methyl sites for hydroxylation is 2. The first-order valence-electron chi connectivity index (χ1n) is 11.4. The molecule has 1 N–H and O–H groups in total. The number of ether oxygens (including phenoxy) is 1. The number of nitrogens with zero attached hydrogens (tertiary/aromatic N) is 2. The molecule has 1 spiro atoms. The maximum atomic E-state index is 12.2. The molecule has 5 nitrogen and oxygen atoms in total. The van der Waals surface area contributed by atoms with E-state index in [9.17, 15) is 4.79 Å². The van der Waals surface area contributed by atoms with Crippen LogP contribution in [0.1, 0.15) is 43.2 Å². The summed E-state index contributed by atoms with van der Waals surface area (Å²) < 4.78 is 8.44. The average molecular weight is 410 g/mol. The highest BCUT2D eigenvalue weighted by Crippen LogP contribution is 2.38. The minimum Gasteiger partial charge on any atom is -0.370 e. The Balaban J connectivity index is 1.13. The smallest absolute Gasteiger partial charge is 0.224 e. The fraction of sp³-hybridized carbons (Fsp3) is 0.560. The van der Waals surface area contributed by atoms with Crippen molar-refractivity contribution < 1.29 is 9.53 Å². The van der Waals surface area contributed by atoms with Crippen LogP contribution >= 0.6 is 0 Å². The third kappa shape index (κ3) is 5.73. The third-order valence-corrected chi connectivity index (χ3v) is 6.67. The van der Waals surface area contributed by atoms with Gasteiger partial charge in [-0.25, -0.2) is 0 Å². The number of piperidine rings is 1. The van der Waals surface area contributed by atoms with Gasteiger partial charge >= 0.3 is 0 Å². The largest absolute Gasteiger partial charge is 0.370 e. The van der Waals surface area contributed by atoms with E-state index >= 15 is 0 Å². The van der Waals surface area contributed by atoms with Crippen LogP contribution in [0.4, 0.5) is 0 Å². The molecular weight excluding hydrogens is 374 g/mol. The molecule has 1 aromatic heterocycles. The molecule has 2 aliphatic heterocycles. The highest BCUT2D eigenvalue weighted by Gasteiger charge is 2.42. The van der Waals surface area contributed by atoms with E-state index in [4.69, 9.17) is 4.74 Å². The highest BCUT2D eigenvalue weighted by molar-refractivity contribution is 5.78. The molecule has 2 saturated heterocycles. The van der Waals surface area contributed by atoms with Gasteiger partial charge < -0.3 is 19.5 Å². The van der Waals surface area contributed by atoms with Crippen LogP contribution < -0.4 is 5.32 Å². The molecule has 0 saturated carbocycles. The Labute approximate surface area is 180 Å². The molecule has 3 heterocycles. The Bertz CT molecular complexity index is 809. The molecule has 4 rings (SSSR count). The van der Waals surface area contributed by atoms with Crippen LogP contribution in [-0.2, 0) is 29.4 Å². The first-order chi connectivity index (χ1) is 14.6. The molecule has 0 aliphatic carbocycles. The zero-order valence-corrected chi connectivity index (χ0v) is 18.2. The van der Waals surface area contributed by atoms with E-state index in [0.29, 0.717) is 13.0 Å². The maximum absolute atomic E-state index is 12.2. The van der Waals surface area contributed by atoms with Gasteiger partial charge in [0.2, 0.25) is 5.91 Å². The maximum Gasteiger partial charge on any atom is 0.224 e. The topological polar surface area (TPSA) is 46.5 Å². The lowest BCUT2D eigenvalue weighted by Crippen LogP contribution is -2.45. The van der Waals surface area contributed by atoms with Crippen molar-refractivity contribution in [3.63, 3.8) is 0 Å². The Morgan fingerprint density at radius 1 is 1.13 bits per heavy atom. The number of hydrogen-bond donors (Lipinski definition) is 1. The Morgan fingerprint density at radius 2 is 1.93 bits per heavy atom. The summed E-state index contributed by atoms with van der Waals surface area (Å²) in [6, 6.07) is 12.8. The molecule has 2 fully saturated rings. The van der Waals surface area contributed by atoms with E-state index in [0.717, 1.165) is 50.8 Å². The Morgan fingerprint density at radius 3 is 2.67 bits per heavy atom. The van der Waals surface area contributed by atoms with Crippen molar-refractivity contribution in [3.8, 4) is 0 Å². The van der Waals surface area contributed by atoms with Crippen molar-refractivity contribution in [2.75, 3.05) is 26.2 Å². The summed E-state index contributed by atoms with van der Waals surface area (Å²) in [6.45, 7) is 4.06. The molecule has 1 unspecified atom stereocenters. The number of carbonyl (C=O) groups is 1. The molecule has 30 heavy (non-hydrogen) atoms. The minimum atomic E-state index is 0.0464. The van der Waals surface area contributed by atoms with E-state index in [1.807, 2.05) is 30.1 Å². The average Bonchev–Trinajstić information content (AvgIpc) is 3.35. The van der Waals surface area contributed by atoms with Crippen LogP contribution in [0.5, 0.6) is 0 Å². The van der Waals surface area contributed by atoms with Gasteiger partial charge in [-0.2, -0.15) is 0 Å². The van der Waals surface area contributed by atoms with E-state index < -0.39 is 0 Å². The first-order valence-corrected chi connectivity index (χ1v) is 11.4. The van der Waals surface area contributed by atoms with Crippen molar-refractivity contribution in [1.82, 2.24) is 14.8 Å². The van der Waals surface area contributed by atoms with E-state index in [-0.39, 0.29) is 17.6 Å². The number of nitrogens with one attached hydrogen (secondary N) is 1. The molecule has 162 valence electrons. The second kappa shape index (κ2) is 9.80. The van der Waals surface area contributed by atoms with Crippen LogP contribution in [0.25, 0.3) is 0 Å². The van der Waals surface area contributed by atoms with Crippen molar-refractivity contribution in [3.05, 3.63) is 59.9 Å². The number of likely N-dealkylation sites (tertiary alicyclic amines) is 1. The van der Waals surface area contributed by atoms with E-state index in [1.54, 1.807) is 0 Å². The van der Waals surface area contributed by atoms with Crippen LogP contribution in [0, 0.1) is 0 Å². The van der Waals surface area contributed by atoms with Crippen LogP contribution in [0.3, 0.4) is 0 Å². The zero-order chi connectivity index (χ0) is 20.8. The Hall–Kier alpha value is -2.11. The normalized spacial score (nSPS) is 21.2. The number of hydrogen-bond acceptors (Lipinski definition) is 3. The Kier molecular flexibility index (Phi) is 6.90. The van der Waals surface area contributed by atoms with Gasteiger partial charge in [0.25, 0.3) is 0 Å². The molecule has 2 aliphatic rings. The lowest BCUT2D eigenvalue weighted by atomic mass is 9.88. The molecule has 0 radical (unpaired) electrons. The summed E-state index contributed by atoms with van der Waals surface area (Å²) in [5.74, 6) is 0.0824. The quantitative estimate of drug-likeness (QED) is 0.727. The minimum absolute atomic E-state index is 0.0464. The van der Waals surface area contributed by atoms with Gasteiger partial charge in [-0.1, -0.05) is 30.3 Å². The summed E-state index contributed by atoms with van der Waals surface area (Å²) in [5, 5.41) is 3.07. The summed E-state index contributed by atoms with van der Waals surface area (Å²) in [6.07, 6.45) is 11.4. The summed E-state index contributed by atoms with van der Waals surface area (Å²) in [4.78, 5) is 14.8. The monoisotopic (exact) mass is 409 g/mol. The second-order valence-corrected chi connectivity index (χ2v) is 9.06. The molecule has 1 atom stereocenters. The van der Waals surface area contributed by atoms with Crippen LogP contribution in [0.2, 0.25) is 0 Å². The fourth-order valence-electron chi connectivity index (χ4n) is 4.88. The van der Waals surface area contributed by atoms with Gasteiger partial charge in [-0.05, 0) is 62.3 Å². The number of amides is 1. The highest BCUT2D eigenvalue weighted by atomic mass is 16.5. The van der Waals surface area contributed by atoms with E-state index in [2.05, 4.69) is 40.5 Å². The molecule has 1 aromatic carbocycles. The first kappa shape index (κ1) is 21.1. The van der Waals surface area contributed by atoms with Gasteiger partial charge in [0.05, 0.1) is 18.1 Å². The summed E-state index contributed by atoms with van der Waals surface area (Å²) >= 11 is 0. The van der Waals surface area contributed by atoms with Crippen molar-refractivity contribution >= 4 is 5.91 Å². The summed E-state index contributed by atoms with van der Waals surface area (Å²) in [5.41, 5.74) is 2.53. The van der Waals surface area contributed by atoms with Gasteiger partial charge in [-0.3, -0.25) is 4.79 Å². The fourth-order valence-corrected chi connectivity index (χ4v) is 4.88. The summed E-state index contributed by atoms with van der Waals surface area (Å²) in [7, 11) is 1.97. The third-order valence-electron chi connectivity index (χ3n) is 6.67. The number of benzene rings is 1. The number of aromatic nitrogens is 1. The van der Waals surface area contributed by atoms with Crippen molar-refractivity contribution in [2.24, 2.45) is 7.05 Å². The lowest BCUT2D eigenvalue weighted by molar-refractivity contribution is -0.122. The van der Waals surface area contributed by atoms with Crippen LogP contribution in [-0.4, -0.2) is 53.3 Å². The zero-order valence-electron chi connectivity index (χ0n) is 18.2. The van der Waals surface area contributed by atoms with Crippen molar-refractivity contribution in [2.45, 2.75) is 56.7 Å². The van der Waals surface area contributed by atoms with Gasteiger partial charge in [-0.15, -0.1) is 0 Å². The number of rotatable bonds is 8. The van der Waals surface area contributed by atoms with Crippen molar-refractivity contribution in [1.29, 1.82) is 0 Å². The molecule has 5 heteroatoms. The second-order valence-electron chi connectivity index (χ2n) is 9.06. The predicted octanol–water partition coefficient (Wildman–Crippen LogP) is 3.33. The lowest BCUT2D eigenvalue weighted by Gasteiger charge is -2.39. The van der Waals surface area contributed by atoms with Crippen LogP contribution in [0.15, 0.2) is 48.8 Å². The SMILES string of the molecule is Cn1ccc(CC(=O)NCC2CCC3(CCN(CCCc4ccccc4)CC3)O2)c1.